The van der Waals surface area contributed by atoms with Crippen LogP contribution in [0, 0.1) is 0 Å². The van der Waals surface area contributed by atoms with Crippen LogP contribution in [0.15, 0.2) is 30.6 Å². The Hall–Kier alpha value is -2.25. The van der Waals surface area contributed by atoms with Crippen molar-refractivity contribution < 1.29 is 9.59 Å². The van der Waals surface area contributed by atoms with Gasteiger partial charge < -0.3 is 15.1 Å². The zero-order valence-corrected chi connectivity index (χ0v) is 14.6. The molecule has 0 fully saturated rings. The van der Waals surface area contributed by atoms with E-state index >= 15 is 0 Å². The Balaban J connectivity index is 1.66. The van der Waals surface area contributed by atoms with Gasteiger partial charge in [0.15, 0.2) is 0 Å². The van der Waals surface area contributed by atoms with Gasteiger partial charge in [0.05, 0.1) is 17.1 Å². The molecule has 0 saturated heterocycles. The first kappa shape index (κ1) is 16.6. The number of nitrogens with one attached hydrogen (secondary N) is 1. The molecule has 0 spiro atoms. The van der Waals surface area contributed by atoms with Crippen LogP contribution in [0.5, 0.6) is 0 Å². The summed E-state index contributed by atoms with van der Waals surface area (Å²) in [7, 11) is 3.75. The maximum atomic E-state index is 12.3. The number of likely N-dealkylation sites (N-methyl/N-ethyl adjacent to an activating group) is 1. The molecule has 0 unspecified atom stereocenters. The number of nitrogens with zero attached hydrogens (tertiary/aromatic N) is 3. The third kappa shape index (κ3) is 3.63. The van der Waals surface area contributed by atoms with Crippen LogP contribution in [0.25, 0.3) is 0 Å². The summed E-state index contributed by atoms with van der Waals surface area (Å²) in [6, 6.07) is 5.58. The van der Waals surface area contributed by atoms with Gasteiger partial charge in [0.1, 0.15) is 0 Å². The minimum Gasteiger partial charge on any atom is -0.347 e. The molecule has 1 N–H and O–H groups in total. The molecule has 7 heteroatoms. The van der Waals surface area contributed by atoms with Gasteiger partial charge in [0.25, 0.3) is 5.91 Å². The molecule has 0 radical (unpaired) electrons. The van der Waals surface area contributed by atoms with Crippen LogP contribution >= 0.6 is 11.3 Å². The highest BCUT2D eigenvalue weighted by atomic mass is 32.1. The first-order valence-electron chi connectivity index (χ1n) is 7.79. The summed E-state index contributed by atoms with van der Waals surface area (Å²) >= 11 is 1.47. The average molecular weight is 344 g/mol. The summed E-state index contributed by atoms with van der Waals surface area (Å²) in [5.41, 5.74) is 1.89. The van der Waals surface area contributed by atoms with Crippen molar-refractivity contribution in [3.63, 3.8) is 0 Å². The number of hydrogen-bond donors (Lipinski definition) is 1. The topological polar surface area (TPSA) is 65.5 Å². The van der Waals surface area contributed by atoms with Gasteiger partial charge in [-0.05, 0) is 37.9 Å². The number of aromatic nitrogens is 1. The molecule has 3 rings (SSSR count). The van der Waals surface area contributed by atoms with E-state index in [0.29, 0.717) is 24.5 Å². The van der Waals surface area contributed by atoms with Crippen LogP contribution in [-0.2, 0) is 17.8 Å². The fourth-order valence-corrected chi connectivity index (χ4v) is 3.73. The lowest BCUT2D eigenvalue weighted by atomic mass is 10.2. The molecule has 126 valence electrons. The number of pyridine rings is 1. The fraction of sp³-hybridized carbons (Fsp3) is 0.353. The predicted octanol–water partition coefficient (Wildman–Crippen LogP) is 1.52. The zero-order chi connectivity index (χ0) is 17.1. The van der Waals surface area contributed by atoms with Crippen molar-refractivity contribution >= 4 is 28.8 Å². The first-order valence-corrected chi connectivity index (χ1v) is 8.61. The molecule has 6 nitrogen and oxygen atoms in total. The maximum absolute atomic E-state index is 12.3. The van der Waals surface area contributed by atoms with Gasteiger partial charge in [0, 0.05) is 36.8 Å². The fourth-order valence-electron chi connectivity index (χ4n) is 2.66. The molecule has 1 aliphatic rings. The lowest BCUT2D eigenvalue weighted by Gasteiger charge is -2.18. The lowest BCUT2D eigenvalue weighted by Crippen LogP contribution is -2.36. The zero-order valence-electron chi connectivity index (χ0n) is 13.8. The van der Waals surface area contributed by atoms with Crippen LogP contribution in [0.2, 0.25) is 0 Å². The van der Waals surface area contributed by atoms with E-state index in [2.05, 4.69) is 10.3 Å². The Bertz CT molecular complexity index is 742. The summed E-state index contributed by atoms with van der Waals surface area (Å²) in [5, 5.41) is 2.91. The molecular weight excluding hydrogens is 324 g/mol. The third-order valence-electron chi connectivity index (χ3n) is 3.82. The molecule has 0 atom stereocenters. The van der Waals surface area contributed by atoms with E-state index in [1.807, 2.05) is 37.2 Å². The first-order chi connectivity index (χ1) is 11.5. The van der Waals surface area contributed by atoms with Crippen molar-refractivity contribution in [2.45, 2.75) is 13.0 Å². The van der Waals surface area contributed by atoms with E-state index in [9.17, 15) is 9.59 Å². The largest absolute Gasteiger partial charge is 0.347 e. The molecule has 0 aliphatic carbocycles. The number of thiophene rings is 1. The van der Waals surface area contributed by atoms with Crippen molar-refractivity contribution in [2.24, 2.45) is 0 Å². The van der Waals surface area contributed by atoms with Crippen LogP contribution in [-0.4, -0.2) is 48.9 Å². The van der Waals surface area contributed by atoms with Crippen LogP contribution in [0.3, 0.4) is 0 Å². The molecular formula is C17H20N4O2S. The second kappa shape index (κ2) is 7.11. The van der Waals surface area contributed by atoms with E-state index in [-0.39, 0.29) is 11.8 Å². The molecule has 24 heavy (non-hydrogen) atoms. The number of carbonyl (C=O) groups excluding carboxylic acids is 2. The average Bonchev–Trinajstić information content (AvgIpc) is 3.13. The van der Waals surface area contributed by atoms with E-state index in [1.54, 1.807) is 17.3 Å². The standard InChI is InChI=1S/C17H20N4O2S/c1-20(2)11-16(22)21-8-5-14-13(21)9-15(24-14)17(23)19-10-12-3-6-18-7-4-12/h3-4,6-7,9H,5,8,10-11H2,1-2H3,(H,19,23). The van der Waals surface area contributed by atoms with Gasteiger partial charge in [0.2, 0.25) is 5.91 Å². The molecule has 2 aromatic heterocycles. The second-order valence-corrected chi connectivity index (χ2v) is 7.13. The summed E-state index contributed by atoms with van der Waals surface area (Å²) in [5.74, 6) is -0.0356. The highest BCUT2D eigenvalue weighted by Gasteiger charge is 2.28. The molecule has 0 saturated carbocycles. The number of amides is 2. The number of anilines is 1. The van der Waals surface area contributed by atoms with Crippen LogP contribution in [0.4, 0.5) is 5.69 Å². The third-order valence-corrected chi connectivity index (χ3v) is 5.00. The van der Waals surface area contributed by atoms with Crippen molar-refractivity contribution in [1.29, 1.82) is 0 Å². The van der Waals surface area contributed by atoms with E-state index in [4.69, 9.17) is 0 Å². The molecule has 0 bridgehead atoms. The molecule has 2 amide bonds. The molecule has 2 aromatic rings. The number of hydrogen-bond acceptors (Lipinski definition) is 5. The highest BCUT2D eigenvalue weighted by Crippen LogP contribution is 2.36. The van der Waals surface area contributed by atoms with E-state index in [0.717, 1.165) is 22.5 Å². The summed E-state index contributed by atoms with van der Waals surface area (Å²) in [4.78, 5) is 34.0. The Morgan fingerprint density at radius 2 is 2.08 bits per heavy atom. The predicted molar refractivity (Wildman–Crippen MR) is 94.3 cm³/mol. The highest BCUT2D eigenvalue weighted by molar-refractivity contribution is 7.14. The van der Waals surface area contributed by atoms with Gasteiger partial charge in [-0.15, -0.1) is 11.3 Å². The summed E-state index contributed by atoms with van der Waals surface area (Å²) in [6.07, 6.45) is 4.22. The van der Waals surface area contributed by atoms with Crippen molar-refractivity contribution in [2.75, 3.05) is 32.1 Å². The van der Waals surface area contributed by atoms with Crippen molar-refractivity contribution in [1.82, 2.24) is 15.2 Å². The lowest BCUT2D eigenvalue weighted by molar-refractivity contribution is -0.119. The second-order valence-electron chi connectivity index (χ2n) is 5.99. The van der Waals surface area contributed by atoms with Crippen LogP contribution in [0.1, 0.15) is 20.1 Å². The smallest absolute Gasteiger partial charge is 0.261 e. The van der Waals surface area contributed by atoms with E-state index < -0.39 is 0 Å². The minimum absolute atomic E-state index is 0.0697. The number of fused-ring (bicyclic) bond motifs is 1. The Labute approximate surface area is 145 Å². The quantitative estimate of drug-likeness (QED) is 0.893. The summed E-state index contributed by atoms with van der Waals surface area (Å²) < 4.78 is 0. The summed E-state index contributed by atoms with van der Waals surface area (Å²) in [6.45, 7) is 1.54. The Morgan fingerprint density at radius 3 is 2.79 bits per heavy atom. The molecule has 3 heterocycles. The van der Waals surface area contributed by atoms with Gasteiger partial charge in [-0.2, -0.15) is 0 Å². The molecule has 1 aliphatic heterocycles. The maximum Gasteiger partial charge on any atom is 0.261 e. The van der Waals surface area contributed by atoms with Gasteiger partial charge >= 0.3 is 0 Å². The number of carbonyl (C=O) groups is 2. The van der Waals surface area contributed by atoms with Crippen molar-refractivity contribution in [3.05, 3.63) is 45.9 Å². The monoisotopic (exact) mass is 344 g/mol. The van der Waals surface area contributed by atoms with E-state index in [1.165, 1.54) is 11.3 Å². The van der Waals surface area contributed by atoms with Crippen LogP contribution < -0.4 is 10.2 Å². The Kier molecular flexibility index (Phi) is 4.92. The number of rotatable bonds is 5. The van der Waals surface area contributed by atoms with Gasteiger partial charge in [-0.25, -0.2) is 0 Å². The van der Waals surface area contributed by atoms with Crippen molar-refractivity contribution in [3.8, 4) is 0 Å². The SMILES string of the molecule is CN(C)CC(=O)N1CCc2sc(C(=O)NCc3ccncc3)cc21. The van der Waals surface area contributed by atoms with Gasteiger partial charge in [-0.1, -0.05) is 0 Å². The van der Waals surface area contributed by atoms with Gasteiger partial charge in [-0.3, -0.25) is 14.6 Å². The Morgan fingerprint density at radius 1 is 1.33 bits per heavy atom. The molecule has 0 aromatic carbocycles. The normalized spacial score (nSPS) is 13.2. The minimum atomic E-state index is -0.105.